The van der Waals surface area contributed by atoms with Crippen LogP contribution in [0.25, 0.3) is 0 Å². The van der Waals surface area contributed by atoms with Crippen LogP contribution in [0.15, 0.2) is 84.0 Å². The van der Waals surface area contributed by atoms with Crippen molar-refractivity contribution in [3.05, 3.63) is 106 Å². The second-order valence-corrected chi connectivity index (χ2v) is 14.2. The number of ether oxygens (including phenoxy) is 5. The number of aliphatic hydroxyl groups is 3. The third-order valence-electron chi connectivity index (χ3n) is 10.8. The van der Waals surface area contributed by atoms with Crippen molar-refractivity contribution in [2.75, 3.05) is 19.8 Å². The maximum absolute atomic E-state index is 12.9. The maximum Gasteiger partial charge on any atom is 1.00 e. The Morgan fingerprint density at radius 2 is 0.885 bits per heavy atom. The molecule has 0 bridgehead atoms. The van der Waals surface area contributed by atoms with Gasteiger partial charge in [0.25, 0.3) is 0 Å². The summed E-state index contributed by atoms with van der Waals surface area (Å²) in [4.78, 5) is 98.7. The Morgan fingerprint density at radius 3 is 1.21 bits per heavy atom. The molecule has 6 saturated heterocycles. The van der Waals surface area contributed by atoms with Crippen LogP contribution < -0.4 is 34.7 Å². The normalized spacial score (nSPS) is 29.9. The van der Waals surface area contributed by atoms with Crippen molar-refractivity contribution in [3.8, 4) is 0 Å². The van der Waals surface area contributed by atoms with Crippen molar-refractivity contribution in [2.24, 2.45) is 0 Å². The Kier molecular flexibility index (Phi) is 12.2. The minimum absolute atomic E-state index is 0. The minimum Gasteiger partial charge on any atom is -0.547 e. The van der Waals surface area contributed by atoms with E-state index in [0.717, 1.165) is 4.90 Å². The zero-order valence-electron chi connectivity index (χ0n) is 32.1. The molecule has 8 aliphatic heterocycles. The van der Waals surface area contributed by atoms with Gasteiger partial charge in [0.15, 0.2) is 43.0 Å². The number of β-lactam (4-membered cyclic amide) rings is 3. The predicted molar refractivity (Wildman–Crippen MR) is 190 cm³/mol. The molecule has 8 atom stereocenters. The minimum atomic E-state index is -1.39. The Hall–Kier alpha value is -5.90. The van der Waals surface area contributed by atoms with E-state index in [1.807, 2.05) is 0 Å². The van der Waals surface area contributed by atoms with E-state index in [1.165, 1.54) is 28.0 Å². The predicted octanol–water partition coefficient (Wildman–Crippen LogP) is -4.83. The number of Topliss-reactive ketones (excluding diaryl/α,β-unsaturated/α-hetero) is 2. The first-order valence-electron chi connectivity index (χ1n) is 18.6. The number of hydrogen-bond acceptors (Lipinski definition) is 17. The van der Waals surface area contributed by atoms with Crippen LogP contribution in [0.2, 0.25) is 0 Å². The van der Waals surface area contributed by atoms with Crippen LogP contribution in [0.5, 0.6) is 0 Å². The molecule has 6 fully saturated rings. The van der Waals surface area contributed by atoms with E-state index in [0.29, 0.717) is 22.3 Å². The van der Waals surface area contributed by atoms with Crippen LogP contribution in [0, 0.1) is 0 Å². The number of carboxylic acid groups (broad SMARTS) is 1. The van der Waals surface area contributed by atoms with E-state index >= 15 is 0 Å². The Morgan fingerprint density at radius 1 is 0.557 bits per heavy atom. The van der Waals surface area contributed by atoms with E-state index < -0.39 is 78.5 Å². The molecule has 3 amide bonds. The van der Waals surface area contributed by atoms with Crippen LogP contribution in [0.4, 0.5) is 0 Å². The first-order valence-corrected chi connectivity index (χ1v) is 18.6. The first kappa shape index (κ1) is 43.2. The van der Waals surface area contributed by atoms with Crippen LogP contribution in [0.1, 0.15) is 63.3 Å². The molecule has 10 rings (SSSR count). The molecular formula is C40H34N3NaO17. The van der Waals surface area contributed by atoms with Crippen LogP contribution >= 0.6 is 0 Å². The van der Waals surface area contributed by atoms with Gasteiger partial charge in [-0.25, -0.2) is 9.59 Å². The van der Waals surface area contributed by atoms with Gasteiger partial charge in [-0.05, 0) is 30.4 Å². The fourth-order valence-electron chi connectivity index (χ4n) is 8.04. The molecule has 8 aliphatic rings. The number of aliphatic carboxylic acids is 1. The number of amides is 3. The third kappa shape index (κ3) is 7.38. The van der Waals surface area contributed by atoms with Gasteiger partial charge < -0.3 is 48.9 Å². The SMILES string of the molecule is O=C([O-])C1/C(=C/CO)OC2CC(=O)N21.O=C1OC(C(=O)C2/C(=C/CO)OC3CC(=O)N32)c2ccccc21.O=C1OC(C(=O)C2/C(=C/CO)OC3CC(=O)N32)c2ccccc21.[Na+]. The molecule has 312 valence electrons. The molecule has 8 unspecified atom stereocenters. The molecule has 20 nitrogen and oxygen atoms in total. The number of carbonyl (C=O) groups is 8. The van der Waals surface area contributed by atoms with Gasteiger partial charge in [-0.1, -0.05) is 36.4 Å². The average Bonchev–Trinajstić information content (AvgIpc) is 3.99. The number of benzene rings is 2. The van der Waals surface area contributed by atoms with Crippen molar-refractivity contribution in [2.45, 2.75) is 68.3 Å². The molecular weight excluding hydrogens is 817 g/mol. The summed E-state index contributed by atoms with van der Waals surface area (Å²) in [7, 11) is 0. The molecule has 21 heteroatoms. The molecule has 0 aromatic heterocycles. The van der Waals surface area contributed by atoms with Gasteiger partial charge in [0.2, 0.25) is 29.3 Å². The molecule has 8 heterocycles. The number of fused-ring (bicyclic) bond motifs is 5. The molecule has 2 aromatic carbocycles. The van der Waals surface area contributed by atoms with Gasteiger partial charge in [-0.3, -0.25) is 38.7 Å². The number of carbonyl (C=O) groups excluding carboxylic acids is 8. The fourth-order valence-corrected chi connectivity index (χ4v) is 8.04. The standard InChI is InChI=1S/2C16H13NO6.C8H9NO5.Na/c2*18-6-5-10-13(17-11(19)7-12(17)22-10)14(20)15-8-3-1-2-4-9(8)16(21)23-15;10-2-1-4-7(8(12)13)9-5(11)3-6(9)14-4;/h2*1-5,12-13,15,18H,6-7H2;1,6-7,10H,2-3H2,(H,12,13);/q;;;+1/p-1/b2*10-5-;4-1-;. The van der Waals surface area contributed by atoms with Crippen molar-refractivity contribution in [3.63, 3.8) is 0 Å². The van der Waals surface area contributed by atoms with Crippen LogP contribution in [0.3, 0.4) is 0 Å². The second-order valence-electron chi connectivity index (χ2n) is 14.2. The summed E-state index contributed by atoms with van der Waals surface area (Å²) in [5.41, 5.74) is 1.68. The van der Waals surface area contributed by atoms with E-state index in [2.05, 4.69) is 0 Å². The number of rotatable bonds is 8. The number of carboxylic acids is 1. The van der Waals surface area contributed by atoms with Crippen LogP contribution in [-0.2, 0) is 52.5 Å². The molecule has 0 radical (unpaired) electrons. The summed E-state index contributed by atoms with van der Waals surface area (Å²) >= 11 is 0. The van der Waals surface area contributed by atoms with Crippen molar-refractivity contribution in [1.82, 2.24) is 14.7 Å². The Balaban J connectivity index is 0.000000141. The van der Waals surface area contributed by atoms with Gasteiger partial charge >= 0.3 is 41.5 Å². The smallest absolute Gasteiger partial charge is 0.547 e. The third-order valence-corrected chi connectivity index (χ3v) is 10.8. The molecule has 3 N–H and O–H groups in total. The Labute approximate surface area is 366 Å². The zero-order valence-corrected chi connectivity index (χ0v) is 34.1. The monoisotopic (exact) mass is 851 g/mol. The molecule has 0 spiro atoms. The van der Waals surface area contributed by atoms with Gasteiger partial charge in [-0.2, -0.15) is 0 Å². The van der Waals surface area contributed by atoms with Crippen molar-refractivity contribution in [1.29, 1.82) is 0 Å². The molecule has 0 aliphatic carbocycles. The van der Waals surface area contributed by atoms with Crippen molar-refractivity contribution >= 4 is 47.2 Å². The van der Waals surface area contributed by atoms with E-state index in [1.54, 1.807) is 48.5 Å². The van der Waals surface area contributed by atoms with Gasteiger partial charge in [0, 0.05) is 11.1 Å². The van der Waals surface area contributed by atoms with Gasteiger partial charge in [-0.15, -0.1) is 0 Å². The van der Waals surface area contributed by atoms with E-state index in [9.17, 15) is 43.5 Å². The largest absolute Gasteiger partial charge is 1.00 e. The topological polar surface area (TPSA) is 276 Å². The van der Waals surface area contributed by atoms with Crippen LogP contribution in [-0.4, -0.2) is 134 Å². The number of nitrogens with zero attached hydrogens (tertiary/aromatic N) is 3. The molecule has 0 saturated carbocycles. The van der Waals surface area contributed by atoms with Gasteiger partial charge in [0.1, 0.15) is 23.3 Å². The summed E-state index contributed by atoms with van der Waals surface area (Å²) in [5, 5.41) is 37.5. The second kappa shape index (κ2) is 17.2. The average molecular weight is 852 g/mol. The molecule has 2 aromatic rings. The number of ketones is 2. The number of hydrogen-bond donors (Lipinski definition) is 3. The molecule has 61 heavy (non-hydrogen) atoms. The maximum atomic E-state index is 12.9. The fraction of sp³-hybridized carbons (Fsp3) is 0.350. The summed E-state index contributed by atoms with van der Waals surface area (Å²) in [6.07, 6.45) is 0.933. The number of cyclic esters (lactones) is 2. The van der Waals surface area contributed by atoms with E-state index in [-0.39, 0.29) is 104 Å². The summed E-state index contributed by atoms with van der Waals surface area (Å²) in [5.74, 6) is -3.53. The zero-order chi connectivity index (χ0) is 42.6. The number of esters is 2. The van der Waals surface area contributed by atoms with E-state index in [4.69, 9.17) is 39.0 Å². The summed E-state index contributed by atoms with van der Waals surface area (Å²) < 4.78 is 26.6. The first-order chi connectivity index (χ1) is 28.9. The Bertz CT molecular complexity index is 2200. The summed E-state index contributed by atoms with van der Waals surface area (Å²) in [6.45, 7) is -0.947. The van der Waals surface area contributed by atoms with Gasteiger partial charge in [0.05, 0.1) is 56.2 Å². The van der Waals surface area contributed by atoms with Crippen molar-refractivity contribution < 1.29 is 112 Å². The summed E-state index contributed by atoms with van der Waals surface area (Å²) in [6, 6.07) is 10.2. The number of aliphatic hydroxyl groups excluding tert-OH is 3. The quantitative estimate of drug-likeness (QED) is 0.128.